The van der Waals surface area contributed by atoms with Crippen LogP contribution in [0, 0.1) is 6.92 Å². The highest BCUT2D eigenvalue weighted by molar-refractivity contribution is 5.97. The molecule has 0 aliphatic carbocycles. The lowest BCUT2D eigenvalue weighted by molar-refractivity contribution is -0.141. The highest BCUT2D eigenvalue weighted by atomic mass is 16.4. The van der Waals surface area contributed by atoms with E-state index in [1.165, 1.54) is 4.90 Å². The summed E-state index contributed by atoms with van der Waals surface area (Å²) in [5.74, 6) is -1.14. The number of carboxylic acid groups (broad SMARTS) is 1. The first-order valence-electron chi connectivity index (χ1n) is 6.62. The van der Waals surface area contributed by atoms with Crippen LogP contribution in [-0.4, -0.2) is 44.3 Å². The van der Waals surface area contributed by atoms with E-state index >= 15 is 0 Å². The summed E-state index contributed by atoms with van der Waals surface area (Å²) in [4.78, 5) is 25.0. The lowest BCUT2D eigenvalue weighted by Gasteiger charge is -2.21. The standard InChI is InChI=1S/C13H19N3O3/c1-3-6-16-9(2)10(8-14-16)12(17)15-7-4-5-11(15)13(18)19/h8,11H,3-7H2,1-2H3,(H,18,19)/t11-/m1/s1. The second kappa shape index (κ2) is 5.42. The molecule has 1 amide bonds. The second-order valence-corrected chi connectivity index (χ2v) is 4.86. The van der Waals surface area contributed by atoms with Gasteiger partial charge in [0.15, 0.2) is 0 Å². The Hall–Kier alpha value is -1.85. The van der Waals surface area contributed by atoms with Crippen LogP contribution in [0.1, 0.15) is 42.2 Å². The Bertz CT molecular complexity index is 495. The first-order valence-corrected chi connectivity index (χ1v) is 6.62. The molecule has 1 saturated heterocycles. The van der Waals surface area contributed by atoms with Crippen LogP contribution < -0.4 is 0 Å². The summed E-state index contributed by atoms with van der Waals surface area (Å²) < 4.78 is 1.79. The van der Waals surface area contributed by atoms with Crippen molar-refractivity contribution in [2.45, 2.75) is 45.7 Å². The molecule has 0 radical (unpaired) electrons. The maximum Gasteiger partial charge on any atom is 0.326 e. The fraction of sp³-hybridized carbons (Fsp3) is 0.615. The van der Waals surface area contributed by atoms with E-state index in [0.717, 1.165) is 25.1 Å². The van der Waals surface area contributed by atoms with E-state index < -0.39 is 12.0 Å². The number of aryl methyl sites for hydroxylation is 1. The molecule has 1 aliphatic rings. The van der Waals surface area contributed by atoms with Crippen molar-refractivity contribution < 1.29 is 14.7 Å². The number of aliphatic carboxylic acids is 1. The molecule has 0 aromatic carbocycles. The molecule has 0 bridgehead atoms. The molecule has 19 heavy (non-hydrogen) atoms. The van der Waals surface area contributed by atoms with E-state index in [-0.39, 0.29) is 5.91 Å². The Kier molecular flexibility index (Phi) is 3.87. The van der Waals surface area contributed by atoms with Gasteiger partial charge >= 0.3 is 5.97 Å². The zero-order valence-corrected chi connectivity index (χ0v) is 11.3. The predicted octanol–water partition coefficient (Wildman–Crippen LogP) is 1.29. The number of carbonyl (C=O) groups is 2. The summed E-state index contributed by atoms with van der Waals surface area (Å²) in [5.41, 5.74) is 1.32. The fourth-order valence-corrected chi connectivity index (χ4v) is 2.51. The second-order valence-electron chi connectivity index (χ2n) is 4.86. The van der Waals surface area contributed by atoms with Gasteiger partial charge in [-0.05, 0) is 26.2 Å². The molecule has 2 rings (SSSR count). The zero-order valence-electron chi connectivity index (χ0n) is 11.3. The van der Waals surface area contributed by atoms with E-state index in [1.807, 2.05) is 13.8 Å². The highest BCUT2D eigenvalue weighted by Crippen LogP contribution is 2.21. The van der Waals surface area contributed by atoms with Crippen molar-refractivity contribution in [1.29, 1.82) is 0 Å². The minimum Gasteiger partial charge on any atom is -0.480 e. The molecule has 0 saturated carbocycles. The molecule has 1 aromatic rings. The number of nitrogens with zero attached hydrogens (tertiary/aromatic N) is 3. The van der Waals surface area contributed by atoms with Crippen LogP contribution in [-0.2, 0) is 11.3 Å². The van der Waals surface area contributed by atoms with Crippen LogP contribution in [0.3, 0.4) is 0 Å². The van der Waals surface area contributed by atoms with Gasteiger partial charge in [-0.15, -0.1) is 0 Å². The number of hydrogen-bond acceptors (Lipinski definition) is 3. The molecule has 2 heterocycles. The van der Waals surface area contributed by atoms with Crippen molar-refractivity contribution in [2.75, 3.05) is 6.54 Å². The SMILES string of the molecule is CCCn1ncc(C(=O)N2CCC[C@@H]2C(=O)O)c1C. The highest BCUT2D eigenvalue weighted by Gasteiger charge is 2.35. The van der Waals surface area contributed by atoms with E-state index in [0.29, 0.717) is 18.5 Å². The summed E-state index contributed by atoms with van der Waals surface area (Å²) in [6.45, 7) is 5.17. The van der Waals surface area contributed by atoms with Crippen LogP contribution in [0.4, 0.5) is 0 Å². The minimum atomic E-state index is -0.926. The monoisotopic (exact) mass is 265 g/mol. The number of amides is 1. The van der Waals surface area contributed by atoms with Gasteiger partial charge in [0.05, 0.1) is 11.8 Å². The average molecular weight is 265 g/mol. The average Bonchev–Trinajstić information content (AvgIpc) is 2.97. The Morgan fingerprint density at radius 2 is 2.26 bits per heavy atom. The molecule has 6 heteroatoms. The van der Waals surface area contributed by atoms with Crippen LogP contribution in [0.2, 0.25) is 0 Å². The van der Waals surface area contributed by atoms with Gasteiger partial charge in [0, 0.05) is 18.8 Å². The van der Waals surface area contributed by atoms with Crippen LogP contribution in [0.25, 0.3) is 0 Å². The van der Waals surface area contributed by atoms with E-state index in [1.54, 1.807) is 10.9 Å². The van der Waals surface area contributed by atoms with E-state index in [4.69, 9.17) is 5.11 Å². The van der Waals surface area contributed by atoms with Crippen molar-refractivity contribution in [3.05, 3.63) is 17.5 Å². The number of hydrogen-bond donors (Lipinski definition) is 1. The number of aromatic nitrogens is 2. The van der Waals surface area contributed by atoms with Gasteiger partial charge in [0.25, 0.3) is 5.91 Å². The molecule has 0 unspecified atom stereocenters. The topological polar surface area (TPSA) is 75.4 Å². The lowest BCUT2D eigenvalue weighted by atomic mass is 10.2. The molecular formula is C13H19N3O3. The smallest absolute Gasteiger partial charge is 0.326 e. The van der Waals surface area contributed by atoms with Crippen molar-refractivity contribution in [2.24, 2.45) is 0 Å². The van der Waals surface area contributed by atoms with Gasteiger partial charge in [0.1, 0.15) is 6.04 Å². The van der Waals surface area contributed by atoms with Gasteiger partial charge in [-0.25, -0.2) is 4.79 Å². The normalized spacial score (nSPS) is 18.8. The first kappa shape index (κ1) is 13.6. The lowest BCUT2D eigenvalue weighted by Crippen LogP contribution is -2.40. The van der Waals surface area contributed by atoms with Gasteiger partial charge < -0.3 is 10.0 Å². The van der Waals surface area contributed by atoms with E-state index in [2.05, 4.69) is 5.10 Å². The van der Waals surface area contributed by atoms with Crippen LogP contribution >= 0.6 is 0 Å². The predicted molar refractivity (Wildman–Crippen MR) is 68.9 cm³/mol. The molecular weight excluding hydrogens is 246 g/mol. The Balaban J connectivity index is 2.22. The first-order chi connectivity index (χ1) is 9.06. The van der Waals surface area contributed by atoms with Gasteiger partial charge in [-0.3, -0.25) is 9.48 Å². The van der Waals surface area contributed by atoms with Crippen molar-refractivity contribution in [1.82, 2.24) is 14.7 Å². The Morgan fingerprint density at radius 3 is 2.89 bits per heavy atom. The maximum absolute atomic E-state index is 12.4. The van der Waals surface area contributed by atoms with Crippen LogP contribution in [0.15, 0.2) is 6.20 Å². The Labute approximate surface area is 112 Å². The summed E-state index contributed by atoms with van der Waals surface area (Å²) in [5, 5.41) is 13.3. The van der Waals surface area contributed by atoms with Gasteiger partial charge in [0.2, 0.25) is 0 Å². The maximum atomic E-state index is 12.4. The third-order valence-electron chi connectivity index (χ3n) is 3.57. The van der Waals surface area contributed by atoms with Gasteiger partial charge in [-0.2, -0.15) is 5.10 Å². The number of rotatable bonds is 4. The molecule has 1 aliphatic heterocycles. The summed E-state index contributed by atoms with van der Waals surface area (Å²) in [6.07, 6.45) is 3.76. The molecule has 0 spiro atoms. The van der Waals surface area contributed by atoms with Gasteiger partial charge in [-0.1, -0.05) is 6.92 Å². The minimum absolute atomic E-state index is 0.218. The molecule has 6 nitrogen and oxygen atoms in total. The molecule has 1 fully saturated rings. The fourth-order valence-electron chi connectivity index (χ4n) is 2.51. The zero-order chi connectivity index (χ0) is 14.0. The van der Waals surface area contributed by atoms with Crippen LogP contribution in [0.5, 0.6) is 0 Å². The number of carbonyl (C=O) groups excluding carboxylic acids is 1. The quantitative estimate of drug-likeness (QED) is 0.890. The Morgan fingerprint density at radius 1 is 1.53 bits per heavy atom. The molecule has 1 N–H and O–H groups in total. The third kappa shape index (κ3) is 2.47. The molecule has 1 atom stereocenters. The van der Waals surface area contributed by atoms with Crippen molar-refractivity contribution in [3.63, 3.8) is 0 Å². The third-order valence-corrected chi connectivity index (χ3v) is 3.57. The van der Waals surface area contributed by atoms with Crippen molar-refractivity contribution in [3.8, 4) is 0 Å². The molecule has 104 valence electrons. The van der Waals surface area contributed by atoms with Crippen molar-refractivity contribution >= 4 is 11.9 Å². The summed E-state index contributed by atoms with van der Waals surface area (Å²) in [6, 6.07) is -0.693. The largest absolute Gasteiger partial charge is 0.480 e. The molecule has 1 aromatic heterocycles. The summed E-state index contributed by atoms with van der Waals surface area (Å²) >= 11 is 0. The summed E-state index contributed by atoms with van der Waals surface area (Å²) in [7, 11) is 0. The number of carboxylic acids is 1. The van der Waals surface area contributed by atoms with E-state index in [9.17, 15) is 9.59 Å². The number of likely N-dealkylation sites (tertiary alicyclic amines) is 1.